The van der Waals surface area contributed by atoms with Crippen LogP contribution in [0.25, 0.3) is 11.0 Å². The van der Waals surface area contributed by atoms with Crippen LogP contribution in [0.1, 0.15) is 34.0 Å². The number of carbonyl (C=O) groups excluding carboxylic acids is 1. The lowest BCUT2D eigenvalue weighted by molar-refractivity contribution is 0.0914. The summed E-state index contributed by atoms with van der Waals surface area (Å²) >= 11 is 7.72. The van der Waals surface area contributed by atoms with Gasteiger partial charge in [-0.3, -0.25) is 4.79 Å². The molecule has 2 aromatic heterocycles. The summed E-state index contributed by atoms with van der Waals surface area (Å²) in [5, 5.41) is 6.33. The Bertz CT molecular complexity index is 792. The normalized spacial score (nSPS) is 12.5. The summed E-state index contributed by atoms with van der Waals surface area (Å²) in [6.07, 6.45) is 0. The molecule has 21 heavy (non-hydrogen) atoms. The molecule has 0 aliphatic rings. The van der Waals surface area contributed by atoms with Gasteiger partial charge in [0.1, 0.15) is 0 Å². The van der Waals surface area contributed by atoms with Crippen LogP contribution in [0.5, 0.6) is 0 Å². The quantitative estimate of drug-likeness (QED) is 0.742. The van der Waals surface area contributed by atoms with E-state index in [2.05, 4.69) is 5.32 Å². The number of thiophene rings is 1. The number of fused-ring (bicyclic) bond motifs is 1. The molecule has 2 heterocycles. The molecule has 3 aromatic rings. The van der Waals surface area contributed by atoms with Crippen LogP contribution in [0.2, 0.25) is 5.02 Å². The third-order valence-corrected chi connectivity index (χ3v) is 4.79. The minimum atomic E-state index is -0.222. The Morgan fingerprint density at radius 2 is 2.14 bits per heavy atom. The van der Waals surface area contributed by atoms with Gasteiger partial charge in [0.15, 0.2) is 11.3 Å². The monoisotopic (exact) mass is 319 g/mol. The Kier molecular flexibility index (Phi) is 3.74. The zero-order valence-electron chi connectivity index (χ0n) is 11.6. The van der Waals surface area contributed by atoms with Crippen molar-refractivity contribution in [1.82, 2.24) is 5.32 Å². The molecule has 3 rings (SSSR count). The van der Waals surface area contributed by atoms with Crippen LogP contribution < -0.4 is 5.32 Å². The van der Waals surface area contributed by atoms with Gasteiger partial charge in [0.25, 0.3) is 5.91 Å². The summed E-state index contributed by atoms with van der Waals surface area (Å²) < 4.78 is 5.67. The highest BCUT2D eigenvalue weighted by Crippen LogP contribution is 2.31. The second-order valence-electron chi connectivity index (χ2n) is 4.88. The number of furan rings is 1. The van der Waals surface area contributed by atoms with Gasteiger partial charge >= 0.3 is 0 Å². The molecule has 1 amide bonds. The predicted octanol–water partition coefficient (Wildman–Crippen LogP) is 4.95. The van der Waals surface area contributed by atoms with Crippen molar-refractivity contribution in [2.45, 2.75) is 19.9 Å². The van der Waals surface area contributed by atoms with Crippen LogP contribution >= 0.6 is 22.9 Å². The van der Waals surface area contributed by atoms with Crippen LogP contribution in [0.4, 0.5) is 0 Å². The zero-order chi connectivity index (χ0) is 15.0. The smallest absolute Gasteiger partial charge is 0.287 e. The Hall–Kier alpha value is -1.78. The number of amides is 1. The van der Waals surface area contributed by atoms with Crippen molar-refractivity contribution in [3.63, 3.8) is 0 Å². The number of aryl methyl sites for hydroxylation is 1. The van der Waals surface area contributed by atoms with Crippen LogP contribution in [-0.2, 0) is 0 Å². The molecule has 0 aliphatic carbocycles. The first-order chi connectivity index (χ1) is 10.1. The average Bonchev–Trinajstić information content (AvgIpc) is 3.08. The highest BCUT2D eigenvalue weighted by atomic mass is 35.5. The summed E-state index contributed by atoms with van der Waals surface area (Å²) in [4.78, 5) is 13.5. The van der Waals surface area contributed by atoms with E-state index in [1.165, 1.54) is 0 Å². The number of rotatable bonds is 3. The van der Waals surface area contributed by atoms with Gasteiger partial charge in [-0.05, 0) is 31.4 Å². The van der Waals surface area contributed by atoms with E-state index in [0.29, 0.717) is 16.4 Å². The van der Waals surface area contributed by atoms with Crippen molar-refractivity contribution in [3.8, 4) is 0 Å². The van der Waals surface area contributed by atoms with Crippen LogP contribution in [0.3, 0.4) is 0 Å². The molecule has 0 aliphatic heterocycles. The van der Waals surface area contributed by atoms with Gasteiger partial charge in [-0.2, -0.15) is 0 Å². The second kappa shape index (κ2) is 5.54. The van der Waals surface area contributed by atoms with Crippen LogP contribution in [0, 0.1) is 6.92 Å². The van der Waals surface area contributed by atoms with Crippen molar-refractivity contribution < 1.29 is 9.21 Å². The first kappa shape index (κ1) is 14.2. The fourth-order valence-electron chi connectivity index (χ4n) is 2.30. The lowest BCUT2D eigenvalue weighted by atomic mass is 10.1. The Balaban J connectivity index is 1.91. The third-order valence-electron chi connectivity index (χ3n) is 3.44. The molecular formula is C16H14ClNO2S. The second-order valence-corrected chi connectivity index (χ2v) is 6.27. The van der Waals surface area contributed by atoms with E-state index in [9.17, 15) is 4.79 Å². The largest absolute Gasteiger partial charge is 0.449 e. The van der Waals surface area contributed by atoms with E-state index in [0.717, 1.165) is 15.8 Å². The SMILES string of the molecule is Cc1c(C(=O)N[C@@H](C)c2cccs2)oc2c(Cl)cccc12. The average molecular weight is 320 g/mol. The van der Waals surface area contributed by atoms with Gasteiger partial charge in [0.2, 0.25) is 0 Å². The van der Waals surface area contributed by atoms with Crippen molar-refractivity contribution in [3.05, 3.63) is 56.9 Å². The van der Waals surface area contributed by atoms with Gasteiger partial charge in [0, 0.05) is 15.8 Å². The van der Waals surface area contributed by atoms with Crippen molar-refractivity contribution in [2.75, 3.05) is 0 Å². The van der Waals surface area contributed by atoms with E-state index in [1.54, 1.807) is 17.4 Å². The maximum absolute atomic E-state index is 12.4. The molecule has 0 unspecified atom stereocenters. The standard InChI is InChI=1S/C16H14ClNO2S/c1-9-11-5-3-6-12(17)15(11)20-14(9)16(19)18-10(2)13-7-4-8-21-13/h3-8,10H,1-2H3,(H,18,19)/t10-/m0/s1. The number of carbonyl (C=O) groups is 1. The van der Waals surface area contributed by atoms with Gasteiger partial charge < -0.3 is 9.73 Å². The number of hydrogen-bond donors (Lipinski definition) is 1. The van der Waals surface area contributed by atoms with Crippen LogP contribution in [-0.4, -0.2) is 5.91 Å². The number of nitrogens with one attached hydrogen (secondary N) is 1. The third kappa shape index (κ3) is 2.57. The number of halogens is 1. The Labute approximate surface area is 131 Å². The molecule has 0 spiro atoms. The molecule has 0 radical (unpaired) electrons. The van der Waals surface area contributed by atoms with Crippen LogP contribution in [0.15, 0.2) is 40.1 Å². The van der Waals surface area contributed by atoms with E-state index in [4.69, 9.17) is 16.0 Å². The molecule has 0 saturated heterocycles. The molecule has 0 fully saturated rings. The summed E-state index contributed by atoms with van der Waals surface area (Å²) in [6, 6.07) is 9.42. The van der Waals surface area contributed by atoms with Crippen molar-refractivity contribution in [2.24, 2.45) is 0 Å². The van der Waals surface area contributed by atoms with Gasteiger partial charge in [-0.1, -0.05) is 29.8 Å². The molecule has 1 N–H and O–H groups in total. The molecule has 0 bridgehead atoms. The van der Waals surface area contributed by atoms with Gasteiger partial charge in [-0.25, -0.2) is 0 Å². The molecule has 1 atom stereocenters. The summed E-state index contributed by atoms with van der Waals surface area (Å²) in [5.74, 6) is 0.0992. The minimum absolute atomic E-state index is 0.0550. The first-order valence-electron chi connectivity index (χ1n) is 6.60. The molecule has 108 valence electrons. The fraction of sp³-hybridized carbons (Fsp3) is 0.188. The maximum atomic E-state index is 12.4. The number of para-hydroxylation sites is 1. The van der Waals surface area contributed by atoms with E-state index in [1.807, 2.05) is 43.5 Å². The van der Waals surface area contributed by atoms with Gasteiger partial charge in [0.05, 0.1) is 11.1 Å². The lowest BCUT2D eigenvalue weighted by Gasteiger charge is -2.11. The van der Waals surface area contributed by atoms with E-state index < -0.39 is 0 Å². The van der Waals surface area contributed by atoms with Gasteiger partial charge in [-0.15, -0.1) is 11.3 Å². The Morgan fingerprint density at radius 3 is 2.81 bits per heavy atom. The highest BCUT2D eigenvalue weighted by Gasteiger charge is 2.20. The van der Waals surface area contributed by atoms with Crippen molar-refractivity contribution >= 4 is 39.8 Å². The first-order valence-corrected chi connectivity index (χ1v) is 7.85. The molecular weight excluding hydrogens is 306 g/mol. The summed E-state index contributed by atoms with van der Waals surface area (Å²) in [5.41, 5.74) is 1.37. The van der Waals surface area contributed by atoms with Crippen molar-refractivity contribution in [1.29, 1.82) is 0 Å². The predicted molar refractivity (Wildman–Crippen MR) is 86.2 cm³/mol. The van der Waals surface area contributed by atoms with E-state index in [-0.39, 0.29) is 11.9 Å². The maximum Gasteiger partial charge on any atom is 0.287 e. The Morgan fingerprint density at radius 1 is 1.33 bits per heavy atom. The topological polar surface area (TPSA) is 42.2 Å². The lowest BCUT2D eigenvalue weighted by Crippen LogP contribution is -2.26. The van der Waals surface area contributed by atoms with E-state index >= 15 is 0 Å². The summed E-state index contributed by atoms with van der Waals surface area (Å²) in [7, 11) is 0. The number of benzene rings is 1. The minimum Gasteiger partial charge on any atom is -0.449 e. The molecule has 0 saturated carbocycles. The molecule has 3 nitrogen and oxygen atoms in total. The molecule has 1 aromatic carbocycles. The fourth-order valence-corrected chi connectivity index (χ4v) is 3.24. The highest BCUT2D eigenvalue weighted by molar-refractivity contribution is 7.10. The zero-order valence-corrected chi connectivity index (χ0v) is 13.2. The summed E-state index contributed by atoms with van der Waals surface area (Å²) in [6.45, 7) is 3.82. The molecule has 5 heteroatoms. The number of hydrogen-bond acceptors (Lipinski definition) is 3.